The number of nitrogen functional groups attached to an aromatic ring is 1. The second kappa shape index (κ2) is 8.23. The van der Waals surface area contributed by atoms with E-state index in [0.717, 1.165) is 23.1 Å². The molecule has 2 heterocycles. The first-order valence-corrected chi connectivity index (χ1v) is 10.7. The van der Waals surface area contributed by atoms with E-state index in [0.29, 0.717) is 17.6 Å². The highest BCUT2D eigenvalue weighted by Crippen LogP contribution is 2.31. The van der Waals surface area contributed by atoms with E-state index in [4.69, 9.17) is 5.73 Å². The van der Waals surface area contributed by atoms with Crippen LogP contribution in [-0.2, 0) is 17.9 Å². The molecule has 0 radical (unpaired) electrons. The molecular weight excluding hydrogens is 396 g/mol. The van der Waals surface area contributed by atoms with Crippen LogP contribution in [0.2, 0.25) is 0 Å². The van der Waals surface area contributed by atoms with Crippen molar-refractivity contribution in [3.05, 3.63) is 55.1 Å². The van der Waals surface area contributed by atoms with E-state index in [1.165, 1.54) is 22.7 Å². The summed E-state index contributed by atoms with van der Waals surface area (Å²) in [5, 5.41) is 13.5. The lowest BCUT2D eigenvalue weighted by Gasteiger charge is -2.12. The second-order valence-electron chi connectivity index (χ2n) is 6.98. The van der Waals surface area contributed by atoms with Crippen molar-refractivity contribution in [2.45, 2.75) is 37.3 Å². The summed E-state index contributed by atoms with van der Waals surface area (Å²) in [7, 11) is 0. The average Bonchev–Trinajstić information content (AvgIpc) is 3.25. The van der Waals surface area contributed by atoms with Crippen LogP contribution in [0, 0.1) is 0 Å². The molecule has 0 aliphatic rings. The van der Waals surface area contributed by atoms with Gasteiger partial charge in [-0.3, -0.25) is 9.36 Å². The van der Waals surface area contributed by atoms with E-state index < -0.39 is 0 Å². The van der Waals surface area contributed by atoms with Crippen LogP contribution in [0.25, 0.3) is 21.8 Å². The zero-order chi connectivity index (χ0) is 21.3. The van der Waals surface area contributed by atoms with Gasteiger partial charge in [-0.05, 0) is 38.1 Å². The van der Waals surface area contributed by atoms with Crippen molar-refractivity contribution in [3.8, 4) is 0 Å². The maximum absolute atomic E-state index is 12.8. The van der Waals surface area contributed by atoms with Crippen molar-refractivity contribution >= 4 is 51.1 Å². The summed E-state index contributed by atoms with van der Waals surface area (Å²) in [5.74, 6) is 0.202. The lowest BCUT2D eigenvalue weighted by molar-refractivity contribution is -0.115. The summed E-state index contributed by atoms with van der Waals surface area (Å²) in [6, 6.07) is 14.4. The predicted molar refractivity (Wildman–Crippen MR) is 124 cm³/mol. The molecule has 2 aromatic heterocycles. The molecule has 0 aliphatic carbocycles. The molecule has 0 bridgehead atoms. The highest BCUT2D eigenvalue weighted by molar-refractivity contribution is 8.00. The number of anilines is 2. The Morgan fingerprint density at radius 1 is 1.20 bits per heavy atom. The Labute approximate surface area is 179 Å². The molecule has 0 saturated carbocycles. The summed E-state index contributed by atoms with van der Waals surface area (Å²) >= 11 is 1.32. The van der Waals surface area contributed by atoms with E-state index in [1.54, 1.807) is 10.6 Å². The van der Waals surface area contributed by atoms with E-state index in [-0.39, 0.29) is 11.2 Å². The number of hydrogen-bond donors (Lipinski definition) is 2. The molecule has 0 aliphatic heterocycles. The number of fused-ring (bicyclic) bond motifs is 3. The fourth-order valence-corrected chi connectivity index (χ4v) is 4.48. The normalized spacial score (nSPS) is 12.3. The van der Waals surface area contributed by atoms with Crippen molar-refractivity contribution in [1.82, 2.24) is 19.3 Å². The summed E-state index contributed by atoms with van der Waals surface area (Å²) in [4.78, 5) is 12.8. The first-order valence-electron chi connectivity index (χ1n) is 9.81. The maximum atomic E-state index is 12.8. The fraction of sp³-hybridized carbons (Fsp3) is 0.227. The number of hydrogen-bond acceptors (Lipinski definition) is 5. The smallest absolute Gasteiger partial charge is 0.237 e. The Hall–Kier alpha value is -3.26. The van der Waals surface area contributed by atoms with Gasteiger partial charge in [0.05, 0.1) is 5.25 Å². The molecule has 1 amide bonds. The number of rotatable bonds is 7. The largest absolute Gasteiger partial charge is 0.368 e. The molecular formula is C22H24N6OS. The molecule has 8 heteroatoms. The van der Waals surface area contributed by atoms with Gasteiger partial charge in [-0.2, -0.15) is 0 Å². The van der Waals surface area contributed by atoms with Gasteiger partial charge in [0.15, 0.2) is 5.16 Å². The number of benzene rings is 2. The predicted octanol–water partition coefficient (Wildman–Crippen LogP) is 4.29. The third-order valence-electron chi connectivity index (χ3n) is 5.06. The molecule has 2 aromatic carbocycles. The minimum Gasteiger partial charge on any atom is -0.368 e. The molecule has 4 aromatic rings. The second-order valence-corrected chi connectivity index (χ2v) is 8.29. The zero-order valence-electron chi connectivity index (χ0n) is 17.0. The summed E-state index contributed by atoms with van der Waals surface area (Å²) < 4.78 is 4.01. The van der Waals surface area contributed by atoms with Gasteiger partial charge < -0.3 is 15.6 Å². The van der Waals surface area contributed by atoms with Crippen LogP contribution in [0.15, 0.2) is 60.3 Å². The Morgan fingerprint density at radius 2 is 1.97 bits per heavy atom. The molecule has 7 nitrogen and oxygen atoms in total. The van der Waals surface area contributed by atoms with Gasteiger partial charge in [-0.1, -0.05) is 36.0 Å². The molecule has 0 saturated heterocycles. The van der Waals surface area contributed by atoms with Crippen molar-refractivity contribution in [2.75, 3.05) is 11.1 Å². The van der Waals surface area contributed by atoms with Gasteiger partial charge >= 0.3 is 0 Å². The first kappa shape index (κ1) is 20.0. The van der Waals surface area contributed by atoms with E-state index in [2.05, 4.69) is 51.8 Å². The lowest BCUT2D eigenvalue weighted by atomic mass is 10.1. The lowest BCUT2D eigenvalue weighted by Crippen LogP contribution is -2.23. The SMILES string of the molecule is C=CCn1c(N)nnc1S[C@@H](C)C(=O)Nc1ccc2c(c1)c1ccccc1n2CC. The number of carbonyl (C=O) groups excluding carboxylic acids is 1. The Kier molecular flexibility index (Phi) is 5.50. The molecule has 0 fully saturated rings. The quantitative estimate of drug-likeness (QED) is 0.344. The van der Waals surface area contributed by atoms with Crippen LogP contribution >= 0.6 is 11.8 Å². The zero-order valence-corrected chi connectivity index (χ0v) is 17.8. The maximum Gasteiger partial charge on any atom is 0.237 e. The monoisotopic (exact) mass is 420 g/mol. The number of nitrogens with two attached hydrogens (primary N) is 1. The summed E-state index contributed by atoms with van der Waals surface area (Å²) in [6.07, 6.45) is 1.72. The van der Waals surface area contributed by atoms with Crippen LogP contribution in [0.5, 0.6) is 0 Å². The fourth-order valence-electron chi connectivity index (χ4n) is 3.62. The Morgan fingerprint density at radius 3 is 2.73 bits per heavy atom. The topological polar surface area (TPSA) is 90.8 Å². The van der Waals surface area contributed by atoms with Crippen LogP contribution in [0.4, 0.5) is 11.6 Å². The van der Waals surface area contributed by atoms with Crippen molar-refractivity contribution < 1.29 is 4.79 Å². The standard InChI is InChI=1S/C22H24N6OS/c1-4-12-28-21(23)25-26-22(28)30-14(3)20(29)24-15-10-11-19-17(13-15)16-8-6-7-9-18(16)27(19)5-2/h4,6-11,13-14H,1,5,12H2,2-3H3,(H2,23,25)(H,24,29)/t14-/m0/s1. The van der Waals surface area contributed by atoms with Crippen molar-refractivity contribution in [2.24, 2.45) is 0 Å². The number of nitrogens with zero attached hydrogens (tertiary/aromatic N) is 4. The van der Waals surface area contributed by atoms with Gasteiger partial charge in [0.1, 0.15) is 0 Å². The number of allylic oxidation sites excluding steroid dienone is 1. The summed E-state index contributed by atoms with van der Waals surface area (Å²) in [6.45, 7) is 9.08. The van der Waals surface area contributed by atoms with Gasteiger partial charge in [-0.15, -0.1) is 16.8 Å². The molecule has 30 heavy (non-hydrogen) atoms. The number of thioether (sulfide) groups is 1. The van der Waals surface area contributed by atoms with Crippen LogP contribution in [-0.4, -0.2) is 30.5 Å². The van der Waals surface area contributed by atoms with E-state index in [9.17, 15) is 4.79 Å². The third-order valence-corrected chi connectivity index (χ3v) is 6.15. The average molecular weight is 421 g/mol. The number of amides is 1. The highest BCUT2D eigenvalue weighted by atomic mass is 32.2. The molecule has 154 valence electrons. The van der Waals surface area contributed by atoms with Gasteiger partial charge in [0.25, 0.3) is 0 Å². The Bertz CT molecular complexity index is 1240. The first-order chi connectivity index (χ1) is 14.5. The molecule has 1 atom stereocenters. The van der Waals surface area contributed by atoms with Crippen LogP contribution in [0.1, 0.15) is 13.8 Å². The summed E-state index contributed by atoms with van der Waals surface area (Å²) in [5.41, 5.74) is 8.96. The van der Waals surface area contributed by atoms with Gasteiger partial charge in [0, 0.05) is 40.6 Å². The number of aryl methyl sites for hydroxylation is 1. The Balaban J connectivity index is 1.57. The molecule has 3 N–H and O–H groups in total. The number of para-hydroxylation sites is 1. The van der Waals surface area contributed by atoms with E-state index in [1.807, 2.05) is 31.2 Å². The molecule has 0 spiro atoms. The molecule has 0 unspecified atom stereocenters. The van der Waals surface area contributed by atoms with Crippen LogP contribution in [0.3, 0.4) is 0 Å². The van der Waals surface area contributed by atoms with Crippen molar-refractivity contribution in [3.63, 3.8) is 0 Å². The van der Waals surface area contributed by atoms with E-state index >= 15 is 0 Å². The number of aromatic nitrogens is 4. The van der Waals surface area contributed by atoms with Crippen molar-refractivity contribution in [1.29, 1.82) is 0 Å². The number of nitrogens with one attached hydrogen (secondary N) is 1. The minimum atomic E-state index is -0.371. The number of carbonyl (C=O) groups is 1. The third kappa shape index (κ3) is 3.54. The van der Waals surface area contributed by atoms with Crippen LogP contribution < -0.4 is 11.1 Å². The minimum absolute atomic E-state index is 0.106. The molecule has 4 rings (SSSR count). The highest BCUT2D eigenvalue weighted by Gasteiger charge is 2.20. The van der Waals surface area contributed by atoms with Gasteiger partial charge in [-0.25, -0.2) is 0 Å². The van der Waals surface area contributed by atoms with Gasteiger partial charge in [0.2, 0.25) is 11.9 Å².